The van der Waals surface area contributed by atoms with Gasteiger partial charge in [-0.1, -0.05) is 0 Å². The van der Waals surface area contributed by atoms with Gasteiger partial charge in [0.05, 0.1) is 0 Å². The zero-order valence-electron chi connectivity index (χ0n) is 13.4. The van der Waals surface area contributed by atoms with Crippen LogP contribution in [0.1, 0.15) is 18.4 Å². The predicted molar refractivity (Wildman–Crippen MR) is 89.5 cm³/mol. The number of aliphatic imine (C=N–C) groups is 1. The summed E-state index contributed by atoms with van der Waals surface area (Å²) in [5, 5.41) is 7.00. The SMILES string of the molecule is CN=C(NCc1ccnc(OCC(F)(F)F)c1)NCC1CCCS1. The predicted octanol–water partition coefficient (Wildman–Crippen LogP) is 2.58. The highest BCUT2D eigenvalue weighted by molar-refractivity contribution is 8.00. The molecule has 24 heavy (non-hydrogen) atoms. The van der Waals surface area contributed by atoms with E-state index in [-0.39, 0.29) is 5.88 Å². The van der Waals surface area contributed by atoms with Gasteiger partial charge in [0, 0.05) is 37.7 Å². The van der Waals surface area contributed by atoms with Crippen LogP contribution in [0.15, 0.2) is 23.3 Å². The van der Waals surface area contributed by atoms with Crippen molar-refractivity contribution in [3.63, 3.8) is 0 Å². The molecule has 134 valence electrons. The van der Waals surface area contributed by atoms with E-state index in [1.165, 1.54) is 30.9 Å². The summed E-state index contributed by atoms with van der Waals surface area (Å²) in [4.78, 5) is 7.92. The van der Waals surface area contributed by atoms with E-state index in [2.05, 4.69) is 25.3 Å². The van der Waals surface area contributed by atoms with Crippen LogP contribution in [0.2, 0.25) is 0 Å². The third-order valence-electron chi connectivity index (χ3n) is 3.39. The topological polar surface area (TPSA) is 58.5 Å². The summed E-state index contributed by atoms with van der Waals surface area (Å²) >= 11 is 1.96. The highest BCUT2D eigenvalue weighted by Crippen LogP contribution is 2.25. The zero-order valence-corrected chi connectivity index (χ0v) is 14.2. The third-order valence-corrected chi connectivity index (χ3v) is 4.79. The van der Waals surface area contributed by atoms with Gasteiger partial charge in [0.1, 0.15) is 0 Å². The van der Waals surface area contributed by atoms with E-state index in [0.29, 0.717) is 17.8 Å². The Morgan fingerprint density at radius 1 is 1.46 bits per heavy atom. The summed E-state index contributed by atoms with van der Waals surface area (Å²) in [5.41, 5.74) is 0.764. The maximum Gasteiger partial charge on any atom is 0.422 e. The van der Waals surface area contributed by atoms with Crippen molar-refractivity contribution in [1.82, 2.24) is 15.6 Å². The van der Waals surface area contributed by atoms with Crippen molar-refractivity contribution >= 4 is 17.7 Å². The molecule has 1 aliphatic rings. The molecule has 0 spiro atoms. The van der Waals surface area contributed by atoms with E-state index in [0.717, 1.165) is 12.1 Å². The monoisotopic (exact) mass is 362 g/mol. The van der Waals surface area contributed by atoms with Crippen LogP contribution < -0.4 is 15.4 Å². The minimum atomic E-state index is -4.37. The largest absolute Gasteiger partial charge is 0.468 e. The maximum absolute atomic E-state index is 12.2. The molecule has 9 heteroatoms. The number of hydrogen-bond donors (Lipinski definition) is 2. The average molecular weight is 362 g/mol. The lowest BCUT2D eigenvalue weighted by Crippen LogP contribution is -2.39. The molecule has 1 fully saturated rings. The van der Waals surface area contributed by atoms with Gasteiger partial charge in [-0.15, -0.1) is 0 Å². The molecule has 1 atom stereocenters. The molecule has 1 unspecified atom stereocenters. The number of pyridine rings is 1. The van der Waals surface area contributed by atoms with Gasteiger partial charge in [0.15, 0.2) is 12.6 Å². The molecule has 0 aromatic carbocycles. The standard InChI is InChI=1S/C15H21F3N4OS/c1-19-14(22-9-12-3-2-6-24-12)21-8-11-4-5-20-13(7-11)23-10-15(16,17)18/h4-5,7,12H,2-3,6,8-10H2,1H3,(H2,19,21,22). The van der Waals surface area contributed by atoms with E-state index < -0.39 is 12.8 Å². The number of thioether (sulfide) groups is 1. The van der Waals surface area contributed by atoms with Crippen LogP contribution in [-0.2, 0) is 6.54 Å². The van der Waals surface area contributed by atoms with Crippen molar-refractivity contribution in [2.75, 3.05) is 26.0 Å². The molecule has 0 radical (unpaired) electrons. The number of aromatic nitrogens is 1. The molecule has 0 saturated carbocycles. The number of nitrogens with one attached hydrogen (secondary N) is 2. The normalized spacial score (nSPS) is 18.5. The van der Waals surface area contributed by atoms with Crippen molar-refractivity contribution in [3.8, 4) is 5.88 Å². The van der Waals surface area contributed by atoms with Crippen LogP contribution >= 0.6 is 11.8 Å². The lowest BCUT2D eigenvalue weighted by Gasteiger charge is -2.15. The molecule has 0 aliphatic carbocycles. The molecule has 1 saturated heterocycles. The van der Waals surface area contributed by atoms with Crippen molar-refractivity contribution in [1.29, 1.82) is 0 Å². The van der Waals surface area contributed by atoms with Crippen molar-refractivity contribution in [2.24, 2.45) is 4.99 Å². The molecule has 0 amide bonds. The number of hydrogen-bond acceptors (Lipinski definition) is 4. The van der Waals surface area contributed by atoms with Gasteiger partial charge in [-0.05, 0) is 30.2 Å². The van der Waals surface area contributed by atoms with Crippen LogP contribution in [0.25, 0.3) is 0 Å². The van der Waals surface area contributed by atoms with Gasteiger partial charge >= 0.3 is 6.18 Å². The maximum atomic E-state index is 12.2. The van der Waals surface area contributed by atoms with Crippen LogP contribution in [-0.4, -0.2) is 48.3 Å². The molecule has 1 aliphatic heterocycles. The van der Waals surface area contributed by atoms with Gasteiger partial charge in [0.2, 0.25) is 5.88 Å². The van der Waals surface area contributed by atoms with Crippen LogP contribution in [0.4, 0.5) is 13.2 Å². The zero-order chi connectivity index (χ0) is 17.4. The van der Waals surface area contributed by atoms with Gasteiger partial charge in [-0.2, -0.15) is 24.9 Å². The second-order valence-electron chi connectivity index (χ2n) is 5.35. The number of ether oxygens (including phenoxy) is 1. The Kier molecular flexibility index (Phi) is 7.01. The second-order valence-corrected chi connectivity index (χ2v) is 6.76. The van der Waals surface area contributed by atoms with Crippen molar-refractivity contribution < 1.29 is 17.9 Å². The Morgan fingerprint density at radius 3 is 2.96 bits per heavy atom. The molecule has 5 nitrogen and oxygen atoms in total. The highest BCUT2D eigenvalue weighted by atomic mass is 32.2. The van der Waals surface area contributed by atoms with Gasteiger partial charge in [-0.3, -0.25) is 4.99 Å². The summed E-state index contributed by atoms with van der Waals surface area (Å²) in [5.74, 6) is 1.82. The first-order valence-electron chi connectivity index (χ1n) is 7.67. The number of guanidine groups is 1. The van der Waals surface area contributed by atoms with Gasteiger partial charge in [-0.25, -0.2) is 4.98 Å². The lowest BCUT2D eigenvalue weighted by molar-refractivity contribution is -0.154. The number of alkyl halides is 3. The van der Waals surface area contributed by atoms with E-state index >= 15 is 0 Å². The summed E-state index contributed by atoms with van der Waals surface area (Å²) < 4.78 is 41.1. The molecule has 1 aromatic rings. The van der Waals surface area contributed by atoms with Crippen molar-refractivity contribution in [3.05, 3.63) is 23.9 Å². The highest BCUT2D eigenvalue weighted by Gasteiger charge is 2.28. The van der Waals surface area contributed by atoms with Crippen LogP contribution in [0.3, 0.4) is 0 Å². The Bertz CT molecular complexity index is 548. The molecule has 2 rings (SSSR count). The second kappa shape index (κ2) is 9.00. The Balaban J connectivity index is 1.79. The summed E-state index contributed by atoms with van der Waals surface area (Å²) in [6.07, 6.45) is -0.492. The summed E-state index contributed by atoms with van der Waals surface area (Å²) in [6.45, 7) is -0.0812. The first kappa shape index (κ1) is 18.7. The van der Waals surface area contributed by atoms with E-state index in [1.807, 2.05) is 11.8 Å². The smallest absolute Gasteiger partial charge is 0.422 e. The average Bonchev–Trinajstić information content (AvgIpc) is 3.06. The Morgan fingerprint density at radius 2 is 2.29 bits per heavy atom. The Labute approximate surface area is 143 Å². The third kappa shape index (κ3) is 6.86. The molecule has 2 N–H and O–H groups in total. The summed E-state index contributed by atoms with van der Waals surface area (Å²) in [6, 6.07) is 3.20. The molecule has 1 aromatic heterocycles. The van der Waals surface area contributed by atoms with Crippen LogP contribution in [0, 0.1) is 0 Å². The molecule has 2 heterocycles. The fourth-order valence-electron chi connectivity index (χ4n) is 2.22. The fourth-order valence-corrected chi connectivity index (χ4v) is 3.42. The first-order chi connectivity index (χ1) is 11.5. The number of nitrogens with zero attached hydrogens (tertiary/aromatic N) is 2. The number of rotatable bonds is 6. The van der Waals surface area contributed by atoms with E-state index in [1.54, 1.807) is 13.1 Å². The minimum absolute atomic E-state index is 0.0445. The van der Waals surface area contributed by atoms with Crippen molar-refractivity contribution in [2.45, 2.75) is 30.8 Å². The lowest BCUT2D eigenvalue weighted by atomic mass is 10.2. The first-order valence-corrected chi connectivity index (χ1v) is 8.72. The van der Waals surface area contributed by atoms with E-state index in [4.69, 9.17) is 0 Å². The Hall–Kier alpha value is -1.64. The molecular formula is C15H21F3N4OS. The van der Waals surface area contributed by atoms with Gasteiger partial charge < -0.3 is 15.4 Å². The molecule has 0 bridgehead atoms. The fraction of sp³-hybridized carbons (Fsp3) is 0.600. The summed E-state index contributed by atoms with van der Waals surface area (Å²) in [7, 11) is 1.68. The van der Waals surface area contributed by atoms with E-state index in [9.17, 15) is 13.2 Å². The molecular weight excluding hydrogens is 341 g/mol. The van der Waals surface area contributed by atoms with Crippen LogP contribution in [0.5, 0.6) is 5.88 Å². The quantitative estimate of drug-likeness (QED) is 0.602. The minimum Gasteiger partial charge on any atom is -0.468 e. The van der Waals surface area contributed by atoms with Gasteiger partial charge in [0.25, 0.3) is 0 Å². The number of halogens is 3.